The van der Waals surface area contributed by atoms with Crippen molar-refractivity contribution in [1.82, 2.24) is 15.1 Å². The van der Waals surface area contributed by atoms with Crippen LogP contribution >= 0.6 is 11.3 Å². The van der Waals surface area contributed by atoms with Gasteiger partial charge in [0.05, 0.1) is 12.2 Å². The zero-order valence-corrected chi connectivity index (χ0v) is 11.4. The van der Waals surface area contributed by atoms with Crippen molar-refractivity contribution < 1.29 is 0 Å². The van der Waals surface area contributed by atoms with Gasteiger partial charge in [-0.3, -0.25) is 4.68 Å². The Hall–Kier alpha value is -1.13. The van der Waals surface area contributed by atoms with Crippen molar-refractivity contribution >= 4 is 11.3 Å². The fourth-order valence-corrected chi connectivity index (χ4v) is 2.40. The number of rotatable bonds is 5. The van der Waals surface area contributed by atoms with Crippen molar-refractivity contribution in [2.75, 3.05) is 0 Å². The maximum absolute atomic E-state index is 4.36. The zero-order chi connectivity index (χ0) is 12.3. The summed E-state index contributed by atoms with van der Waals surface area (Å²) in [4.78, 5) is 0. The van der Waals surface area contributed by atoms with E-state index in [1.165, 1.54) is 11.1 Å². The van der Waals surface area contributed by atoms with Gasteiger partial charge in [0.2, 0.25) is 0 Å². The number of nitrogens with one attached hydrogen (secondary N) is 1. The van der Waals surface area contributed by atoms with Crippen LogP contribution in [0.15, 0.2) is 29.2 Å². The smallest absolute Gasteiger partial charge is 0.0641 e. The van der Waals surface area contributed by atoms with Crippen molar-refractivity contribution in [1.29, 1.82) is 0 Å². The highest BCUT2D eigenvalue weighted by Crippen LogP contribution is 2.12. The van der Waals surface area contributed by atoms with E-state index in [1.54, 1.807) is 11.3 Å². The first-order valence-electron chi connectivity index (χ1n) is 5.92. The quantitative estimate of drug-likeness (QED) is 0.883. The van der Waals surface area contributed by atoms with E-state index in [4.69, 9.17) is 0 Å². The molecule has 0 fully saturated rings. The van der Waals surface area contributed by atoms with Gasteiger partial charge in [0.1, 0.15) is 0 Å². The van der Waals surface area contributed by atoms with Gasteiger partial charge in [0, 0.05) is 18.8 Å². The average molecular weight is 249 g/mol. The summed E-state index contributed by atoms with van der Waals surface area (Å²) in [6.07, 6.45) is 4.00. The molecule has 0 saturated heterocycles. The molecule has 0 saturated carbocycles. The van der Waals surface area contributed by atoms with Crippen LogP contribution in [0.25, 0.3) is 0 Å². The molecule has 92 valence electrons. The van der Waals surface area contributed by atoms with Crippen LogP contribution in [0, 0.1) is 6.92 Å². The van der Waals surface area contributed by atoms with Gasteiger partial charge < -0.3 is 5.32 Å². The fraction of sp³-hybridized carbons (Fsp3) is 0.462. The Morgan fingerprint density at radius 2 is 2.29 bits per heavy atom. The van der Waals surface area contributed by atoms with Gasteiger partial charge in [-0.05, 0) is 48.7 Å². The lowest BCUT2D eigenvalue weighted by molar-refractivity contribution is 0.365. The molecule has 2 heterocycles. The maximum atomic E-state index is 4.36. The van der Waals surface area contributed by atoms with Crippen LogP contribution in [0.4, 0.5) is 0 Å². The van der Waals surface area contributed by atoms with Crippen molar-refractivity contribution in [2.45, 2.75) is 39.4 Å². The summed E-state index contributed by atoms with van der Waals surface area (Å²) in [5.41, 5.74) is 2.56. The Kier molecular flexibility index (Phi) is 3.97. The summed E-state index contributed by atoms with van der Waals surface area (Å²) in [5, 5.41) is 12.2. The molecule has 4 heteroatoms. The number of nitrogens with zero attached hydrogens (tertiary/aromatic N) is 2. The van der Waals surface area contributed by atoms with E-state index in [9.17, 15) is 0 Å². The van der Waals surface area contributed by atoms with Crippen LogP contribution in [-0.2, 0) is 6.54 Å². The van der Waals surface area contributed by atoms with Crippen LogP contribution in [0.1, 0.15) is 31.0 Å². The molecule has 0 unspecified atom stereocenters. The largest absolute Gasteiger partial charge is 0.308 e. The van der Waals surface area contributed by atoms with Gasteiger partial charge in [0.15, 0.2) is 0 Å². The SMILES string of the molecule is Cc1cnn([C@H](C)[C@H](C)NCc2ccsc2)c1. The predicted octanol–water partition coefficient (Wildman–Crippen LogP) is 2.99. The first kappa shape index (κ1) is 12.3. The van der Waals surface area contributed by atoms with Crippen molar-refractivity contribution in [3.05, 3.63) is 40.3 Å². The maximum Gasteiger partial charge on any atom is 0.0641 e. The molecule has 0 aliphatic heterocycles. The van der Waals surface area contributed by atoms with Gasteiger partial charge in [-0.2, -0.15) is 16.4 Å². The highest BCUT2D eigenvalue weighted by molar-refractivity contribution is 7.07. The van der Waals surface area contributed by atoms with Gasteiger partial charge in [-0.25, -0.2) is 0 Å². The lowest BCUT2D eigenvalue weighted by Crippen LogP contribution is -2.33. The molecule has 0 amide bonds. The highest BCUT2D eigenvalue weighted by Gasteiger charge is 2.13. The molecule has 2 rings (SSSR count). The molecule has 0 bridgehead atoms. The summed E-state index contributed by atoms with van der Waals surface area (Å²) in [6.45, 7) is 7.39. The molecule has 0 aliphatic rings. The van der Waals surface area contributed by atoms with Crippen molar-refractivity contribution in [2.24, 2.45) is 0 Å². The minimum absolute atomic E-state index is 0.363. The molecular weight excluding hydrogens is 230 g/mol. The number of hydrogen-bond acceptors (Lipinski definition) is 3. The summed E-state index contributed by atoms with van der Waals surface area (Å²) < 4.78 is 2.03. The van der Waals surface area contributed by atoms with E-state index in [-0.39, 0.29) is 0 Å². The Balaban J connectivity index is 1.89. The summed E-state index contributed by atoms with van der Waals surface area (Å²) in [6, 6.07) is 2.92. The molecule has 17 heavy (non-hydrogen) atoms. The van der Waals surface area contributed by atoms with E-state index in [0.717, 1.165) is 6.54 Å². The van der Waals surface area contributed by atoms with Gasteiger partial charge in [-0.1, -0.05) is 0 Å². The van der Waals surface area contributed by atoms with E-state index >= 15 is 0 Å². The van der Waals surface area contributed by atoms with Gasteiger partial charge in [0.25, 0.3) is 0 Å². The zero-order valence-electron chi connectivity index (χ0n) is 10.6. The summed E-state index contributed by atoms with van der Waals surface area (Å²) in [5.74, 6) is 0. The molecular formula is C13H19N3S. The molecule has 1 N–H and O–H groups in total. The number of hydrogen-bond donors (Lipinski definition) is 1. The van der Waals surface area contributed by atoms with E-state index in [1.807, 2.05) is 10.9 Å². The van der Waals surface area contributed by atoms with Gasteiger partial charge in [-0.15, -0.1) is 0 Å². The molecule has 2 aromatic rings. The van der Waals surface area contributed by atoms with Crippen LogP contribution in [0.5, 0.6) is 0 Å². The normalized spacial score (nSPS) is 14.8. The Morgan fingerprint density at radius 1 is 1.47 bits per heavy atom. The third kappa shape index (κ3) is 3.17. The average Bonchev–Trinajstić information content (AvgIpc) is 2.95. The third-order valence-corrected chi connectivity index (χ3v) is 3.81. The lowest BCUT2D eigenvalue weighted by atomic mass is 10.1. The van der Waals surface area contributed by atoms with E-state index in [0.29, 0.717) is 12.1 Å². The highest BCUT2D eigenvalue weighted by atomic mass is 32.1. The molecule has 0 radical (unpaired) electrons. The van der Waals surface area contributed by atoms with E-state index in [2.05, 4.69) is 54.2 Å². The monoisotopic (exact) mass is 249 g/mol. The molecule has 0 spiro atoms. The standard InChI is InChI=1S/C13H19N3S/c1-10-6-15-16(8-10)12(3)11(2)14-7-13-4-5-17-9-13/h4-6,8-9,11-12,14H,7H2,1-3H3/t11-,12+/m0/s1. The number of thiophene rings is 1. The predicted molar refractivity (Wildman–Crippen MR) is 72.3 cm³/mol. The Labute approximate surface area is 106 Å². The Morgan fingerprint density at radius 3 is 2.88 bits per heavy atom. The topological polar surface area (TPSA) is 29.9 Å². The minimum atomic E-state index is 0.363. The second-order valence-corrected chi connectivity index (χ2v) is 5.32. The minimum Gasteiger partial charge on any atom is -0.308 e. The number of aromatic nitrogens is 2. The molecule has 2 aromatic heterocycles. The molecule has 2 atom stereocenters. The van der Waals surface area contributed by atoms with Crippen LogP contribution in [0.3, 0.4) is 0 Å². The summed E-state index contributed by atoms with van der Waals surface area (Å²) in [7, 11) is 0. The van der Waals surface area contributed by atoms with Gasteiger partial charge >= 0.3 is 0 Å². The molecule has 3 nitrogen and oxygen atoms in total. The van der Waals surface area contributed by atoms with Crippen LogP contribution in [-0.4, -0.2) is 15.8 Å². The first-order chi connectivity index (χ1) is 8.16. The summed E-state index contributed by atoms with van der Waals surface area (Å²) >= 11 is 1.74. The number of aryl methyl sites for hydroxylation is 1. The molecule has 0 aliphatic carbocycles. The first-order valence-corrected chi connectivity index (χ1v) is 6.86. The van der Waals surface area contributed by atoms with Crippen molar-refractivity contribution in [3.63, 3.8) is 0 Å². The van der Waals surface area contributed by atoms with Crippen LogP contribution < -0.4 is 5.32 Å². The Bertz CT molecular complexity index is 447. The van der Waals surface area contributed by atoms with Crippen molar-refractivity contribution in [3.8, 4) is 0 Å². The lowest BCUT2D eigenvalue weighted by Gasteiger charge is -2.21. The second-order valence-electron chi connectivity index (χ2n) is 4.54. The third-order valence-electron chi connectivity index (χ3n) is 3.08. The molecule has 0 aromatic carbocycles. The second kappa shape index (κ2) is 5.47. The van der Waals surface area contributed by atoms with Crippen LogP contribution in [0.2, 0.25) is 0 Å². The fourth-order valence-electron chi connectivity index (χ4n) is 1.73. The van der Waals surface area contributed by atoms with E-state index < -0.39 is 0 Å².